The second-order valence-corrected chi connectivity index (χ2v) is 7.60. The monoisotopic (exact) mass is 263 g/mol. The molecule has 4 unspecified atom stereocenters. The lowest BCUT2D eigenvalue weighted by atomic mass is 9.90. The summed E-state index contributed by atoms with van der Waals surface area (Å²) in [6.07, 6.45) is 2.59. The Morgan fingerprint density at radius 2 is 2.00 bits per heavy atom. The van der Waals surface area contributed by atoms with Crippen molar-refractivity contribution in [1.82, 2.24) is 5.32 Å². The Labute approximate surface area is 112 Å². The van der Waals surface area contributed by atoms with Crippen LogP contribution in [-0.4, -0.2) is 15.5 Å². The highest BCUT2D eigenvalue weighted by molar-refractivity contribution is 7.85. The molecule has 1 heterocycles. The highest BCUT2D eigenvalue weighted by atomic mass is 32.2. The van der Waals surface area contributed by atoms with Crippen molar-refractivity contribution in [2.75, 3.05) is 0 Å². The zero-order valence-electron chi connectivity index (χ0n) is 11.3. The maximum absolute atomic E-state index is 12.5. The van der Waals surface area contributed by atoms with E-state index in [-0.39, 0.29) is 5.25 Å². The van der Waals surface area contributed by atoms with E-state index < -0.39 is 10.8 Å². The number of nitrogens with one attached hydrogen (secondary N) is 1. The van der Waals surface area contributed by atoms with Gasteiger partial charge in [-0.2, -0.15) is 0 Å². The normalized spacial score (nSPS) is 35.3. The number of fused-ring (bicyclic) bond motifs is 1. The highest BCUT2D eigenvalue weighted by Crippen LogP contribution is 2.40. The van der Waals surface area contributed by atoms with Crippen LogP contribution in [0.15, 0.2) is 23.1 Å². The fourth-order valence-electron chi connectivity index (χ4n) is 2.79. The van der Waals surface area contributed by atoms with Crippen LogP contribution in [0.2, 0.25) is 0 Å². The lowest BCUT2D eigenvalue weighted by molar-refractivity contribution is 0.363. The third-order valence-electron chi connectivity index (χ3n) is 4.31. The van der Waals surface area contributed by atoms with Crippen LogP contribution in [0.25, 0.3) is 0 Å². The molecule has 98 valence electrons. The van der Waals surface area contributed by atoms with Crippen LogP contribution in [0.5, 0.6) is 0 Å². The van der Waals surface area contributed by atoms with E-state index >= 15 is 0 Å². The molecule has 0 radical (unpaired) electrons. The maximum Gasteiger partial charge on any atom is 0.0564 e. The summed E-state index contributed by atoms with van der Waals surface area (Å²) in [5.41, 5.74) is 2.53. The largest absolute Gasteiger partial charge is 0.307 e. The molecule has 3 heteroatoms. The molecule has 1 N–H and O–H groups in total. The van der Waals surface area contributed by atoms with Crippen LogP contribution in [0.3, 0.4) is 0 Å². The molecule has 2 aliphatic rings. The van der Waals surface area contributed by atoms with Crippen LogP contribution in [0.4, 0.5) is 0 Å². The highest BCUT2D eigenvalue weighted by Gasteiger charge is 2.38. The predicted octanol–water partition coefficient (Wildman–Crippen LogP) is 2.93. The summed E-state index contributed by atoms with van der Waals surface area (Å²) in [4.78, 5) is 1.05. The Balaban J connectivity index is 2.04. The first kappa shape index (κ1) is 12.4. The van der Waals surface area contributed by atoms with Gasteiger partial charge in [0.25, 0.3) is 0 Å². The van der Waals surface area contributed by atoms with E-state index in [4.69, 9.17) is 0 Å². The lowest BCUT2D eigenvalue weighted by Crippen LogP contribution is -2.40. The van der Waals surface area contributed by atoms with Crippen molar-refractivity contribution >= 4 is 10.8 Å². The summed E-state index contributed by atoms with van der Waals surface area (Å²) in [6.45, 7) is 6.46. The Morgan fingerprint density at radius 1 is 1.28 bits per heavy atom. The number of hydrogen-bond acceptors (Lipinski definition) is 2. The van der Waals surface area contributed by atoms with E-state index in [0.29, 0.717) is 18.0 Å². The van der Waals surface area contributed by atoms with Gasteiger partial charge in [0.05, 0.1) is 10.8 Å². The molecule has 0 bridgehead atoms. The molecule has 0 amide bonds. The van der Waals surface area contributed by atoms with Crippen molar-refractivity contribution in [1.29, 1.82) is 0 Å². The smallest absolute Gasteiger partial charge is 0.0564 e. The maximum atomic E-state index is 12.5. The SMILES string of the molecule is Cc1ccc2c(c1)C(NC1CC1)C(C)C(C)S2=O. The van der Waals surface area contributed by atoms with E-state index in [0.717, 1.165) is 4.90 Å². The molecular weight excluding hydrogens is 242 g/mol. The van der Waals surface area contributed by atoms with E-state index in [2.05, 4.69) is 44.3 Å². The summed E-state index contributed by atoms with van der Waals surface area (Å²) < 4.78 is 12.5. The van der Waals surface area contributed by atoms with Gasteiger partial charge in [0, 0.05) is 22.2 Å². The Morgan fingerprint density at radius 3 is 2.67 bits per heavy atom. The molecule has 1 aliphatic heterocycles. The molecule has 1 aromatic carbocycles. The van der Waals surface area contributed by atoms with Crippen molar-refractivity contribution in [2.24, 2.45) is 5.92 Å². The summed E-state index contributed by atoms with van der Waals surface area (Å²) in [5, 5.41) is 3.98. The number of benzene rings is 1. The van der Waals surface area contributed by atoms with Gasteiger partial charge < -0.3 is 5.32 Å². The Bertz CT molecular complexity index is 495. The summed E-state index contributed by atoms with van der Waals surface area (Å²) in [6, 6.07) is 7.42. The van der Waals surface area contributed by atoms with Gasteiger partial charge in [-0.15, -0.1) is 0 Å². The second kappa shape index (κ2) is 4.46. The summed E-state index contributed by atoms with van der Waals surface area (Å²) >= 11 is 0. The molecule has 0 aromatic heterocycles. The van der Waals surface area contributed by atoms with E-state index in [1.54, 1.807) is 0 Å². The van der Waals surface area contributed by atoms with Crippen molar-refractivity contribution in [3.63, 3.8) is 0 Å². The van der Waals surface area contributed by atoms with Crippen molar-refractivity contribution < 1.29 is 4.21 Å². The van der Waals surface area contributed by atoms with Crippen LogP contribution >= 0.6 is 0 Å². The molecule has 3 rings (SSSR count). The van der Waals surface area contributed by atoms with Crippen molar-refractivity contribution in [3.05, 3.63) is 29.3 Å². The number of rotatable bonds is 2. The minimum Gasteiger partial charge on any atom is -0.307 e. The van der Waals surface area contributed by atoms with Crippen LogP contribution in [-0.2, 0) is 10.8 Å². The fourth-order valence-corrected chi connectivity index (χ4v) is 4.36. The third kappa shape index (κ3) is 2.04. The van der Waals surface area contributed by atoms with Crippen molar-refractivity contribution in [3.8, 4) is 0 Å². The average molecular weight is 263 g/mol. The Hall–Kier alpha value is -0.670. The molecule has 4 atom stereocenters. The molecule has 0 spiro atoms. The second-order valence-electron chi connectivity index (χ2n) is 5.82. The van der Waals surface area contributed by atoms with Crippen LogP contribution < -0.4 is 5.32 Å². The molecule has 1 fully saturated rings. The third-order valence-corrected chi connectivity index (χ3v) is 6.22. The molecule has 18 heavy (non-hydrogen) atoms. The molecular formula is C15H21NOS. The minimum absolute atomic E-state index is 0.233. The Kier molecular flexibility index (Phi) is 3.07. The lowest BCUT2D eigenvalue weighted by Gasteiger charge is -2.36. The number of hydrogen-bond donors (Lipinski definition) is 1. The van der Waals surface area contributed by atoms with Crippen LogP contribution in [0.1, 0.15) is 43.9 Å². The van der Waals surface area contributed by atoms with Crippen molar-refractivity contribution in [2.45, 2.75) is 55.8 Å². The number of aryl methyl sites for hydroxylation is 1. The average Bonchev–Trinajstić information content (AvgIpc) is 3.16. The summed E-state index contributed by atoms with van der Waals surface area (Å²) in [5.74, 6) is 0.431. The van der Waals surface area contributed by atoms with Gasteiger partial charge in [0.1, 0.15) is 0 Å². The van der Waals surface area contributed by atoms with Crippen LogP contribution in [0, 0.1) is 12.8 Å². The van der Waals surface area contributed by atoms with E-state index in [1.807, 2.05) is 0 Å². The van der Waals surface area contributed by atoms with Gasteiger partial charge >= 0.3 is 0 Å². The topological polar surface area (TPSA) is 29.1 Å². The van der Waals surface area contributed by atoms with Gasteiger partial charge in [-0.05, 0) is 37.3 Å². The molecule has 2 nitrogen and oxygen atoms in total. The molecule has 0 saturated heterocycles. The van der Waals surface area contributed by atoms with Gasteiger partial charge in [0.2, 0.25) is 0 Å². The predicted molar refractivity (Wildman–Crippen MR) is 75.1 cm³/mol. The zero-order valence-corrected chi connectivity index (χ0v) is 12.1. The standard InChI is InChI=1S/C15H21NOS/c1-9-4-7-14-13(8-9)15(16-12-5-6-12)10(2)11(3)18(14)17/h4,7-8,10-12,15-16H,5-6H2,1-3H3. The summed E-state index contributed by atoms with van der Waals surface area (Å²) in [7, 11) is -0.853. The van der Waals surface area contributed by atoms with Gasteiger partial charge in [-0.25, -0.2) is 0 Å². The van der Waals surface area contributed by atoms with Gasteiger partial charge in [-0.1, -0.05) is 31.5 Å². The molecule has 1 aliphatic carbocycles. The van der Waals surface area contributed by atoms with E-state index in [1.165, 1.54) is 24.0 Å². The van der Waals surface area contributed by atoms with E-state index in [9.17, 15) is 4.21 Å². The first-order valence-corrected chi connectivity index (χ1v) is 8.06. The fraction of sp³-hybridized carbons (Fsp3) is 0.600. The minimum atomic E-state index is -0.853. The first-order chi connectivity index (χ1) is 8.58. The quantitative estimate of drug-likeness (QED) is 0.889. The zero-order chi connectivity index (χ0) is 12.9. The first-order valence-electron chi connectivity index (χ1n) is 6.85. The van der Waals surface area contributed by atoms with Gasteiger partial charge in [-0.3, -0.25) is 4.21 Å². The molecule has 1 aromatic rings. The molecule has 1 saturated carbocycles. The van der Waals surface area contributed by atoms with Gasteiger partial charge in [0.15, 0.2) is 0 Å².